The van der Waals surface area contributed by atoms with Crippen LogP contribution in [0.1, 0.15) is 31.1 Å². The van der Waals surface area contributed by atoms with Gasteiger partial charge in [-0.3, -0.25) is 4.79 Å². The molecule has 21 heavy (non-hydrogen) atoms. The number of hydrogen-bond acceptors (Lipinski definition) is 4. The standard InChI is InChI=1S/C16H21NO4/c18-8-4-7-16(11-19)9-13-10-21-14(17(13)15(16)20)12-5-2-1-3-6-12/h1-3,5-6,13-14,18-19H,4,7-11H2/t13-,14+,16-/m0/s1. The van der Waals surface area contributed by atoms with Crippen LogP contribution >= 0.6 is 0 Å². The van der Waals surface area contributed by atoms with Gasteiger partial charge in [-0.1, -0.05) is 30.3 Å². The third kappa shape index (κ3) is 2.35. The summed E-state index contributed by atoms with van der Waals surface area (Å²) in [6, 6.07) is 9.71. The summed E-state index contributed by atoms with van der Waals surface area (Å²) >= 11 is 0. The lowest BCUT2D eigenvalue weighted by Gasteiger charge is -2.28. The molecule has 2 heterocycles. The Balaban J connectivity index is 1.85. The predicted octanol–water partition coefficient (Wildman–Crippen LogP) is 1.07. The average molecular weight is 291 g/mol. The summed E-state index contributed by atoms with van der Waals surface area (Å²) in [5.41, 5.74) is 0.216. The number of carbonyl (C=O) groups excluding carboxylic acids is 1. The van der Waals surface area contributed by atoms with Gasteiger partial charge in [-0.15, -0.1) is 0 Å². The molecule has 3 atom stereocenters. The molecular formula is C16H21NO4. The van der Waals surface area contributed by atoms with Crippen LogP contribution in [-0.2, 0) is 9.53 Å². The maximum absolute atomic E-state index is 12.8. The quantitative estimate of drug-likeness (QED) is 0.851. The van der Waals surface area contributed by atoms with Gasteiger partial charge in [0.15, 0.2) is 6.23 Å². The van der Waals surface area contributed by atoms with E-state index < -0.39 is 5.41 Å². The van der Waals surface area contributed by atoms with E-state index in [0.717, 1.165) is 5.56 Å². The summed E-state index contributed by atoms with van der Waals surface area (Å²) in [6.07, 6.45) is 1.30. The monoisotopic (exact) mass is 291 g/mol. The third-order valence-electron chi connectivity index (χ3n) is 4.61. The molecule has 2 aliphatic rings. The minimum Gasteiger partial charge on any atom is -0.396 e. The highest BCUT2D eigenvalue weighted by atomic mass is 16.5. The van der Waals surface area contributed by atoms with E-state index in [4.69, 9.17) is 9.84 Å². The molecular weight excluding hydrogens is 270 g/mol. The summed E-state index contributed by atoms with van der Waals surface area (Å²) in [7, 11) is 0. The molecule has 0 aromatic heterocycles. The fourth-order valence-electron chi connectivity index (χ4n) is 3.51. The molecule has 0 aliphatic carbocycles. The molecule has 0 saturated carbocycles. The molecule has 5 nitrogen and oxygen atoms in total. The predicted molar refractivity (Wildman–Crippen MR) is 76.2 cm³/mol. The number of amides is 1. The first kappa shape index (κ1) is 14.5. The van der Waals surface area contributed by atoms with Crippen LogP contribution in [0.15, 0.2) is 30.3 Å². The number of rotatable bonds is 5. The molecule has 2 saturated heterocycles. The van der Waals surface area contributed by atoms with E-state index in [1.165, 1.54) is 0 Å². The minimum atomic E-state index is -0.746. The molecule has 2 fully saturated rings. The van der Waals surface area contributed by atoms with Crippen LogP contribution in [-0.4, -0.2) is 46.9 Å². The van der Waals surface area contributed by atoms with E-state index in [1.54, 1.807) is 4.90 Å². The average Bonchev–Trinajstić information content (AvgIpc) is 3.05. The van der Waals surface area contributed by atoms with Gasteiger partial charge in [0.2, 0.25) is 5.91 Å². The van der Waals surface area contributed by atoms with Gasteiger partial charge < -0.3 is 19.8 Å². The van der Waals surface area contributed by atoms with Gasteiger partial charge in [-0.2, -0.15) is 0 Å². The molecule has 2 aliphatic heterocycles. The zero-order valence-electron chi connectivity index (χ0n) is 11.9. The van der Waals surface area contributed by atoms with Crippen LogP contribution in [0.3, 0.4) is 0 Å². The summed E-state index contributed by atoms with van der Waals surface area (Å²) < 4.78 is 5.79. The lowest BCUT2D eigenvalue weighted by Crippen LogP contribution is -2.38. The maximum Gasteiger partial charge on any atom is 0.233 e. The van der Waals surface area contributed by atoms with E-state index in [9.17, 15) is 9.90 Å². The molecule has 114 valence electrons. The van der Waals surface area contributed by atoms with Crippen LogP contribution < -0.4 is 0 Å². The molecule has 0 spiro atoms. The normalized spacial score (nSPS) is 31.7. The van der Waals surface area contributed by atoms with Crippen LogP contribution in [0.5, 0.6) is 0 Å². The molecule has 1 aromatic carbocycles. The molecule has 0 unspecified atom stereocenters. The van der Waals surface area contributed by atoms with Crippen molar-refractivity contribution in [1.29, 1.82) is 0 Å². The second-order valence-corrected chi connectivity index (χ2v) is 5.93. The first-order valence-electron chi connectivity index (χ1n) is 7.43. The van der Waals surface area contributed by atoms with Crippen molar-refractivity contribution >= 4 is 5.91 Å². The van der Waals surface area contributed by atoms with E-state index in [1.807, 2.05) is 30.3 Å². The van der Waals surface area contributed by atoms with Gasteiger partial charge >= 0.3 is 0 Å². The molecule has 0 bridgehead atoms. The second kappa shape index (κ2) is 5.75. The number of fused-ring (bicyclic) bond motifs is 1. The SMILES string of the molecule is O=C1N2[C@H](CO[C@@H]2c2ccccc2)C[C@]1(CO)CCCO. The molecule has 2 N–H and O–H groups in total. The van der Waals surface area contributed by atoms with Crippen molar-refractivity contribution < 1.29 is 19.7 Å². The first-order valence-corrected chi connectivity index (χ1v) is 7.43. The van der Waals surface area contributed by atoms with E-state index in [2.05, 4.69) is 0 Å². The number of nitrogens with zero attached hydrogens (tertiary/aromatic N) is 1. The molecule has 1 amide bonds. The Bertz CT molecular complexity index is 506. The van der Waals surface area contributed by atoms with Crippen molar-refractivity contribution in [3.8, 4) is 0 Å². The summed E-state index contributed by atoms with van der Waals surface area (Å²) in [6.45, 7) is 0.380. The Kier molecular flexibility index (Phi) is 3.97. The van der Waals surface area contributed by atoms with Crippen LogP contribution in [0, 0.1) is 5.41 Å². The van der Waals surface area contributed by atoms with E-state index >= 15 is 0 Å². The zero-order valence-corrected chi connectivity index (χ0v) is 11.9. The Morgan fingerprint density at radius 1 is 1.29 bits per heavy atom. The lowest BCUT2D eigenvalue weighted by molar-refractivity contribution is -0.145. The molecule has 1 aromatic rings. The zero-order chi connectivity index (χ0) is 14.9. The van der Waals surface area contributed by atoms with Crippen molar-refractivity contribution in [3.05, 3.63) is 35.9 Å². The van der Waals surface area contributed by atoms with Crippen molar-refractivity contribution in [2.45, 2.75) is 31.5 Å². The first-order chi connectivity index (χ1) is 10.2. The Labute approximate surface area is 124 Å². The highest BCUT2D eigenvalue weighted by molar-refractivity contribution is 5.86. The number of ether oxygens (including phenoxy) is 1. The summed E-state index contributed by atoms with van der Waals surface area (Å²) in [5.74, 6) is -0.0465. The molecule has 5 heteroatoms. The maximum atomic E-state index is 12.8. The van der Waals surface area contributed by atoms with Crippen LogP contribution in [0.25, 0.3) is 0 Å². The topological polar surface area (TPSA) is 70.0 Å². The van der Waals surface area contributed by atoms with Gasteiger partial charge in [0.1, 0.15) is 0 Å². The fraction of sp³-hybridized carbons (Fsp3) is 0.562. The summed E-state index contributed by atoms with van der Waals surface area (Å²) in [4.78, 5) is 14.6. The van der Waals surface area contributed by atoms with Gasteiger partial charge in [-0.25, -0.2) is 0 Å². The smallest absolute Gasteiger partial charge is 0.233 e. The van der Waals surface area contributed by atoms with Gasteiger partial charge in [0.05, 0.1) is 24.7 Å². The van der Waals surface area contributed by atoms with Gasteiger partial charge in [0.25, 0.3) is 0 Å². The Morgan fingerprint density at radius 2 is 2.05 bits per heavy atom. The summed E-state index contributed by atoms with van der Waals surface area (Å²) in [5, 5.41) is 18.8. The van der Waals surface area contributed by atoms with Crippen molar-refractivity contribution in [2.75, 3.05) is 19.8 Å². The highest BCUT2D eigenvalue weighted by Crippen LogP contribution is 2.47. The van der Waals surface area contributed by atoms with Crippen molar-refractivity contribution in [1.82, 2.24) is 4.90 Å². The van der Waals surface area contributed by atoms with Gasteiger partial charge in [0, 0.05) is 12.2 Å². The Morgan fingerprint density at radius 3 is 2.71 bits per heavy atom. The lowest BCUT2D eigenvalue weighted by atomic mass is 9.81. The fourth-order valence-corrected chi connectivity index (χ4v) is 3.51. The second-order valence-electron chi connectivity index (χ2n) is 5.93. The largest absolute Gasteiger partial charge is 0.396 e. The minimum absolute atomic E-state index is 0.0218. The number of carbonyl (C=O) groups is 1. The van der Waals surface area contributed by atoms with E-state index in [0.29, 0.717) is 25.9 Å². The number of aliphatic hydroxyl groups is 2. The van der Waals surface area contributed by atoms with E-state index in [-0.39, 0.29) is 31.4 Å². The van der Waals surface area contributed by atoms with Crippen LogP contribution in [0.4, 0.5) is 0 Å². The number of hydrogen-bond donors (Lipinski definition) is 2. The van der Waals surface area contributed by atoms with Crippen LogP contribution in [0.2, 0.25) is 0 Å². The number of aliphatic hydroxyl groups excluding tert-OH is 2. The van der Waals surface area contributed by atoms with Gasteiger partial charge in [-0.05, 0) is 19.3 Å². The number of benzene rings is 1. The van der Waals surface area contributed by atoms with Crippen molar-refractivity contribution in [3.63, 3.8) is 0 Å². The highest BCUT2D eigenvalue weighted by Gasteiger charge is 2.56. The third-order valence-corrected chi connectivity index (χ3v) is 4.61. The molecule has 0 radical (unpaired) electrons. The van der Waals surface area contributed by atoms with Crippen molar-refractivity contribution in [2.24, 2.45) is 5.41 Å². The Hall–Kier alpha value is -1.43. The molecule has 3 rings (SSSR count).